The van der Waals surface area contributed by atoms with E-state index >= 15 is 0 Å². The van der Waals surface area contributed by atoms with Gasteiger partial charge in [-0.1, -0.05) is 0 Å². The number of hydrogen-bond acceptors (Lipinski definition) is 6. The molecule has 1 atom stereocenters. The third-order valence-electron chi connectivity index (χ3n) is 4.12. The number of benzene rings is 1. The molecule has 0 saturated carbocycles. The van der Waals surface area contributed by atoms with Gasteiger partial charge in [0.2, 0.25) is 0 Å². The van der Waals surface area contributed by atoms with Crippen molar-refractivity contribution in [2.75, 3.05) is 60.7 Å². The number of rotatable bonds is 7. The number of morpholine rings is 1. The van der Waals surface area contributed by atoms with Crippen molar-refractivity contribution in [3.05, 3.63) is 23.8 Å². The summed E-state index contributed by atoms with van der Waals surface area (Å²) in [5, 5.41) is 9.05. The van der Waals surface area contributed by atoms with E-state index < -0.39 is 0 Å². The van der Waals surface area contributed by atoms with Crippen molar-refractivity contribution in [3.8, 4) is 11.5 Å². The highest BCUT2D eigenvalue weighted by Gasteiger charge is 2.29. The summed E-state index contributed by atoms with van der Waals surface area (Å²) in [5.41, 5.74) is 0.560. The minimum absolute atomic E-state index is 0.0455. The van der Waals surface area contributed by atoms with Gasteiger partial charge in [0.25, 0.3) is 5.91 Å². The van der Waals surface area contributed by atoms with E-state index in [2.05, 4.69) is 0 Å². The lowest BCUT2D eigenvalue weighted by molar-refractivity contribution is -0.0109. The summed E-state index contributed by atoms with van der Waals surface area (Å²) in [4.78, 5) is 16.7. The van der Waals surface area contributed by atoms with Crippen LogP contribution >= 0.6 is 0 Å². The van der Waals surface area contributed by atoms with Crippen LogP contribution in [0.1, 0.15) is 10.4 Å². The van der Waals surface area contributed by atoms with Crippen LogP contribution in [0.3, 0.4) is 0 Å². The molecule has 24 heavy (non-hydrogen) atoms. The molecule has 2 rings (SSSR count). The number of ether oxygens (including phenoxy) is 3. The molecule has 7 nitrogen and oxygen atoms in total. The smallest absolute Gasteiger partial charge is 0.254 e. The van der Waals surface area contributed by atoms with Gasteiger partial charge < -0.3 is 29.1 Å². The summed E-state index contributed by atoms with van der Waals surface area (Å²) in [6, 6.07) is 5.13. The van der Waals surface area contributed by atoms with Crippen molar-refractivity contribution in [2.24, 2.45) is 0 Å². The molecule has 1 fully saturated rings. The lowest BCUT2D eigenvalue weighted by Gasteiger charge is -2.37. The second-order valence-electron chi connectivity index (χ2n) is 5.78. The lowest BCUT2D eigenvalue weighted by Crippen LogP contribution is -2.53. The van der Waals surface area contributed by atoms with Gasteiger partial charge in [-0.25, -0.2) is 0 Å². The molecule has 1 heterocycles. The Morgan fingerprint density at radius 3 is 2.79 bits per heavy atom. The van der Waals surface area contributed by atoms with Gasteiger partial charge in [0.1, 0.15) is 0 Å². The Morgan fingerprint density at radius 2 is 2.12 bits per heavy atom. The quantitative estimate of drug-likeness (QED) is 0.779. The molecule has 0 radical (unpaired) electrons. The molecule has 0 unspecified atom stereocenters. The van der Waals surface area contributed by atoms with Crippen molar-refractivity contribution < 1.29 is 24.1 Å². The van der Waals surface area contributed by atoms with Crippen molar-refractivity contribution in [1.29, 1.82) is 0 Å². The van der Waals surface area contributed by atoms with Crippen LogP contribution in [0.2, 0.25) is 0 Å². The second-order valence-corrected chi connectivity index (χ2v) is 5.78. The van der Waals surface area contributed by atoms with Crippen LogP contribution in [0.5, 0.6) is 11.5 Å². The van der Waals surface area contributed by atoms with Gasteiger partial charge in [-0.15, -0.1) is 0 Å². The first-order chi connectivity index (χ1) is 11.6. The minimum atomic E-state index is -0.0540. The summed E-state index contributed by atoms with van der Waals surface area (Å²) >= 11 is 0. The molecular formula is C17H26N2O5. The van der Waals surface area contributed by atoms with Gasteiger partial charge >= 0.3 is 0 Å². The second kappa shape index (κ2) is 8.86. The largest absolute Gasteiger partial charge is 0.493 e. The molecule has 134 valence electrons. The number of amides is 1. The van der Waals surface area contributed by atoms with E-state index in [-0.39, 0.29) is 18.6 Å². The van der Waals surface area contributed by atoms with Gasteiger partial charge in [-0.2, -0.15) is 0 Å². The van der Waals surface area contributed by atoms with E-state index in [4.69, 9.17) is 19.3 Å². The Balaban J connectivity index is 2.16. The van der Waals surface area contributed by atoms with Gasteiger partial charge in [-0.3, -0.25) is 4.79 Å². The number of nitrogens with zero attached hydrogens (tertiary/aromatic N) is 2. The predicted octanol–water partition coefficient (Wildman–Crippen LogP) is 0.469. The maximum atomic E-state index is 12.9. The molecule has 1 aromatic rings. The van der Waals surface area contributed by atoms with E-state index in [1.54, 1.807) is 32.4 Å². The van der Waals surface area contributed by atoms with Crippen LogP contribution in [0.25, 0.3) is 0 Å². The Bertz CT molecular complexity index is 552. The van der Waals surface area contributed by atoms with Crippen LogP contribution in [-0.2, 0) is 4.74 Å². The molecule has 1 amide bonds. The normalized spacial score (nSPS) is 17.9. The summed E-state index contributed by atoms with van der Waals surface area (Å²) in [5.74, 6) is 1.07. The molecule has 0 aromatic heterocycles. The van der Waals surface area contributed by atoms with E-state index in [0.717, 1.165) is 0 Å². The molecule has 1 saturated heterocycles. The van der Waals surface area contributed by atoms with Crippen LogP contribution in [0.4, 0.5) is 0 Å². The molecule has 0 aliphatic carbocycles. The topological polar surface area (TPSA) is 71.5 Å². The Kier molecular flexibility index (Phi) is 6.84. The maximum absolute atomic E-state index is 12.9. The number of likely N-dealkylation sites (N-methyl/N-ethyl adjacent to an activating group) is 1. The highest BCUT2D eigenvalue weighted by Crippen LogP contribution is 2.28. The summed E-state index contributed by atoms with van der Waals surface area (Å²) in [6.07, 6.45) is 0. The average Bonchev–Trinajstić information content (AvgIpc) is 2.61. The summed E-state index contributed by atoms with van der Waals surface area (Å²) in [7, 11) is 5.03. The van der Waals surface area contributed by atoms with Gasteiger partial charge in [-0.05, 0) is 25.2 Å². The Morgan fingerprint density at radius 1 is 1.38 bits per heavy atom. The summed E-state index contributed by atoms with van der Waals surface area (Å²) in [6.45, 7) is 2.88. The SMILES string of the molecule is COc1ccc(C(=O)N2CCOC[C@H]2CN(C)CCO)cc1OC. The number of carbonyl (C=O) groups excluding carboxylic acids is 1. The first-order valence-corrected chi connectivity index (χ1v) is 8.00. The van der Waals surface area contributed by atoms with E-state index in [1.165, 1.54) is 0 Å². The molecular weight excluding hydrogens is 312 g/mol. The number of carbonyl (C=O) groups is 1. The molecule has 1 N–H and O–H groups in total. The van der Waals surface area contributed by atoms with Crippen molar-refractivity contribution >= 4 is 5.91 Å². The van der Waals surface area contributed by atoms with Crippen LogP contribution in [0, 0.1) is 0 Å². The maximum Gasteiger partial charge on any atom is 0.254 e. The van der Waals surface area contributed by atoms with Crippen LogP contribution in [-0.4, -0.2) is 87.6 Å². The summed E-state index contributed by atoms with van der Waals surface area (Å²) < 4.78 is 16.0. The fourth-order valence-electron chi connectivity index (χ4n) is 2.83. The molecule has 0 spiro atoms. The molecule has 1 aromatic carbocycles. The van der Waals surface area contributed by atoms with Crippen LogP contribution in [0.15, 0.2) is 18.2 Å². The number of aliphatic hydroxyl groups excluding tert-OH is 1. The number of methoxy groups -OCH3 is 2. The fraction of sp³-hybridized carbons (Fsp3) is 0.588. The minimum Gasteiger partial charge on any atom is -0.493 e. The molecule has 1 aliphatic heterocycles. The number of aliphatic hydroxyl groups is 1. The van der Waals surface area contributed by atoms with Gasteiger partial charge in [0, 0.05) is 25.2 Å². The Hall–Kier alpha value is -1.83. The predicted molar refractivity (Wildman–Crippen MR) is 89.8 cm³/mol. The first-order valence-electron chi connectivity index (χ1n) is 8.00. The zero-order chi connectivity index (χ0) is 17.5. The van der Waals surface area contributed by atoms with E-state index in [1.807, 2.05) is 16.8 Å². The monoisotopic (exact) mass is 338 g/mol. The van der Waals surface area contributed by atoms with Crippen LogP contribution < -0.4 is 9.47 Å². The molecule has 7 heteroatoms. The van der Waals surface area contributed by atoms with Crippen molar-refractivity contribution in [2.45, 2.75) is 6.04 Å². The van der Waals surface area contributed by atoms with Crippen molar-refractivity contribution in [1.82, 2.24) is 9.80 Å². The van der Waals surface area contributed by atoms with Crippen molar-refractivity contribution in [3.63, 3.8) is 0 Å². The molecule has 0 bridgehead atoms. The zero-order valence-electron chi connectivity index (χ0n) is 14.5. The highest BCUT2D eigenvalue weighted by atomic mass is 16.5. The standard InChI is InChI=1S/C17H26N2O5/c1-18(6-8-20)11-14-12-24-9-7-19(14)17(21)13-4-5-15(22-2)16(10-13)23-3/h4-5,10,14,20H,6-9,11-12H2,1-3H3/t14-/m1/s1. The van der Waals surface area contributed by atoms with E-state index in [0.29, 0.717) is 49.9 Å². The van der Waals surface area contributed by atoms with Gasteiger partial charge in [0.05, 0.1) is 40.1 Å². The average molecular weight is 338 g/mol. The van der Waals surface area contributed by atoms with Gasteiger partial charge in [0.15, 0.2) is 11.5 Å². The third kappa shape index (κ3) is 4.37. The highest BCUT2D eigenvalue weighted by molar-refractivity contribution is 5.95. The molecule has 1 aliphatic rings. The Labute approximate surface area is 142 Å². The van der Waals surface area contributed by atoms with E-state index in [9.17, 15) is 4.79 Å². The zero-order valence-corrected chi connectivity index (χ0v) is 14.5. The lowest BCUT2D eigenvalue weighted by atomic mass is 10.1. The third-order valence-corrected chi connectivity index (χ3v) is 4.12. The fourth-order valence-corrected chi connectivity index (χ4v) is 2.83. The first kappa shape index (κ1) is 18.5. The number of hydrogen-bond donors (Lipinski definition) is 1.